The summed E-state index contributed by atoms with van der Waals surface area (Å²) in [7, 11) is -2.91. The normalized spacial score (nSPS) is 14.7. The molecule has 0 aliphatic heterocycles. The average Bonchev–Trinajstić information content (AvgIpc) is 3.04. The molecule has 1 aliphatic rings. The third-order valence-corrected chi connectivity index (χ3v) is 9.37. The first kappa shape index (κ1) is 42.5. The van der Waals surface area contributed by atoms with Crippen LogP contribution < -0.4 is 5.73 Å². The number of hydrogen-bond acceptors (Lipinski definition) is 10. The number of rotatable bonds is 26. The number of carbonyl (C=O) groups excluding carboxylic acids is 2. The van der Waals surface area contributed by atoms with Crippen molar-refractivity contribution >= 4 is 32.0 Å². The Morgan fingerprint density at radius 3 is 1.60 bits per heavy atom. The summed E-state index contributed by atoms with van der Waals surface area (Å²) in [6, 6.07) is -0.984. The van der Waals surface area contributed by atoms with Crippen molar-refractivity contribution < 1.29 is 52.1 Å². The van der Waals surface area contributed by atoms with E-state index in [1.165, 1.54) is 24.8 Å². The summed E-state index contributed by atoms with van der Waals surface area (Å²) in [5.74, 6) is -1.59. The number of guanidine groups is 1. The summed E-state index contributed by atoms with van der Waals surface area (Å²) in [5, 5.41) is 9.94. The van der Waals surface area contributed by atoms with Crippen LogP contribution in [0.2, 0.25) is 0 Å². The maximum atomic E-state index is 13.6. The standard InChI is InChI=1S/C32H60N3O11P/c1-4-6-8-10-12-17-21-41-31(38)43-23-25-45-47(40,46-26-24-44-32(39)42-22-18-13-11-9-7-5-2)34-30(33)35(3)28(29(36)37)27-19-15-14-16-20-27/h27-28H,4-26H2,1-3H3,(H,36,37)(H2,33,34,40). The van der Waals surface area contributed by atoms with Gasteiger partial charge in [0.15, 0.2) is 0 Å². The van der Waals surface area contributed by atoms with E-state index in [0.717, 1.165) is 96.3 Å². The van der Waals surface area contributed by atoms with Gasteiger partial charge in [0, 0.05) is 7.05 Å². The Labute approximate surface area is 281 Å². The molecule has 15 heteroatoms. The fourth-order valence-electron chi connectivity index (χ4n) is 5.28. The van der Waals surface area contributed by atoms with E-state index in [1.807, 2.05) is 0 Å². The molecule has 3 N–H and O–H groups in total. The Morgan fingerprint density at radius 2 is 1.15 bits per heavy atom. The van der Waals surface area contributed by atoms with Gasteiger partial charge in [-0.1, -0.05) is 97.3 Å². The molecule has 1 saturated carbocycles. The summed E-state index contributed by atoms with van der Waals surface area (Å²) in [6.45, 7) is 3.37. The highest BCUT2D eigenvalue weighted by Gasteiger charge is 2.35. The van der Waals surface area contributed by atoms with Gasteiger partial charge in [-0.2, -0.15) is 0 Å². The highest BCUT2D eigenvalue weighted by atomic mass is 31.2. The van der Waals surface area contributed by atoms with Crippen molar-refractivity contribution in [2.45, 2.75) is 129 Å². The van der Waals surface area contributed by atoms with E-state index in [0.29, 0.717) is 0 Å². The molecule has 0 spiro atoms. The highest BCUT2D eigenvalue weighted by molar-refractivity contribution is 7.52. The largest absolute Gasteiger partial charge is 0.508 e. The van der Waals surface area contributed by atoms with Crippen LogP contribution in [-0.2, 0) is 37.4 Å². The third kappa shape index (κ3) is 20.4. The van der Waals surface area contributed by atoms with E-state index in [-0.39, 0.29) is 51.5 Å². The zero-order valence-electron chi connectivity index (χ0n) is 28.9. The number of likely N-dealkylation sites (N-methyl/N-ethyl adjacent to an activating group) is 1. The van der Waals surface area contributed by atoms with Crippen LogP contribution in [-0.4, -0.2) is 87.0 Å². The molecule has 1 atom stereocenters. The van der Waals surface area contributed by atoms with Crippen molar-refractivity contribution in [2.24, 2.45) is 16.4 Å². The molecule has 0 aromatic heterocycles. The van der Waals surface area contributed by atoms with Crippen LogP contribution in [0.5, 0.6) is 0 Å². The molecule has 0 heterocycles. The molecule has 0 radical (unpaired) electrons. The number of carboxylic acid groups (broad SMARTS) is 1. The summed E-state index contributed by atoms with van der Waals surface area (Å²) in [4.78, 5) is 37.2. The van der Waals surface area contributed by atoms with Crippen molar-refractivity contribution in [1.29, 1.82) is 0 Å². The SMILES string of the molecule is CCCCCCCCOC(=O)OCCOP(=O)(N=C(N)N(C)C(C(=O)O)C1CCCCC1)OCCOC(=O)OCCCCCCCC. The second kappa shape index (κ2) is 26.4. The number of aliphatic carboxylic acids is 1. The van der Waals surface area contributed by atoms with E-state index in [9.17, 15) is 24.1 Å². The van der Waals surface area contributed by atoms with E-state index < -0.39 is 32.1 Å². The number of carbonyl (C=O) groups is 3. The third-order valence-electron chi connectivity index (χ3n) is 7.90. The monoisotopic (exact) mass is 693 g/mol. The maximum Gasteiger partial charge on any atom is 0.508 e. The topological polar surface area (TPSA) is 186 Å². The van der Waals surface area contributed by atoms with E-state index in [2.05, 4.69) is 18.6 Å². The number of unbranched alkanes of at least 4 members (excludes halogenated alkanes) is 10. The van der Waals surface area contributed by atoms with E-state index >= 15 is 0 Å². The van der Waals surface area contributed by atoms with Gasteiger partial charge in [0.2, 0.25) is 5.96 Å². The van der Waals surface area contributed by atoms with Crippen molar-refractivity contribution in [3.8, 4) is 0 Å². The van der Waals surface area contributed by atoms with Gasteiger partial charge in [-0.25, -0.2) is 18.9 Å². The van der Waals surface area contributed by atoms with Gasteiger partial charge in [0.25, 0.3) is 0 Å². The molecule has 1 unspecified atom stereocenters. The Morgan fingerprint density at radius 1 is 0.723 bits per heavy atom. The molecule has 1 aliphatic carbocycles. The van der Waals surface area contributed by atoms with Gasteiger partial charge in [-0.3, -0.25) is 9.05 Å². The quantitative estimate of drug-likeness (QED) is 0.0300. The maximum absolute atomic E-state index is 13.6. The molecule has 1 fully saturated rings. The Hall–Kier alpha value is -2.57. The van der Waals surface area contributed by atoms with Crippen LogP contribution in [0.15, 0.2) is 4.76 Å². The lowest BCUT2D eigenvalue weighted by atomic mass is 9.83. The highest BCUT2D eigenvalue weighted by Crippen LogP contribution is 2.50. The fraction of sp³-hybridized carbons (Fsp3) is 0.875. The average molecular weight is 694 g/mol. The van der Waals surface area contributed by atoms with Crippen LogP contribution in [0.3, 0.4) is 0 Å². The Balaban J connectivity index is 2.68. The van der Waals surface area contributed by atoms with Gasteiger partial charge >= 0.3 is 26.0 Å². The van der Waals surface area contributed by atoms with E-state index in [1.54, 1.807) is 0 Å². The second-order valence-electron chi connectivity index (χ2n) is 11.8. The number of nitrogens with zero attached hydrogens (tertiary/aromatic N) is 2. The molecular formula is C32H60N3O11P. The van der Waals surface area contributed by atoms with Gasteiger partial charge < -0.3 is 34.7 Å². The predicted octanol–water partition coefficient (Wildman–Crippen LogP) is 7.44. The Bertz CT molecular complexity index is 905. The molecular weight excluding hydrogens is 633 g/mol. The van der Waals surface area contributed by atoms with Crippen LogP contribution in [0.4, 0.5) is 9.59 Å². The lowest BCUT2D eigenvalue weighted by molar-refractivity contribution is -0.143. The Kier molecular flexibility index (Phi) is 23.8. The molecule has 0 bridgehead atoms. The van der Waals surface area contributed by atoms with Crippen molar-refractivity contribution in [1.82, 2.24) is 4.90 Å². The predicted molar refractivity (Wildman–Crippen MR) is 178 cm³/mol. The molecule has 0 saturated heterocycles. The zero-order chi connectivity index (χ0) is 34.8. The zero-order valence-corrected chi connectivity index (χ0v) is 29.8. The van der Waals surface area contributed by atoms with Crippen molar-refractivity contribution in [3.63, 3.8) is 0 Å². The summed E-state index contributed by atoms with van der Waals surface area (Å²) in [6.07, 6.45) is 15.0. The first-order valence-corrected chi connectivity index (χ1v) is 18.9. The smallest absolute Gasteiger partial charge is 0.480 e. The summed E-state index contributed by atoms with van der Waals surface area (Å²) < 4.78 is 48.4. The number of nitrogens with two attached hydrogens (primary N) is 1. The molecule has 0 aromatic rings. The second-order valence-corrected chi connectivity index (χ2v) is 13.5. The van der Waals surface area contributed by atoms with Gasteiger partial charge in [0.05, 0.1) is 26.4 Å². The van der Waals surface area contributed by atoms with Crippen LogP contribution in [0, 0.1) is 5.92 Å². The van der Waals surface area contributed by atoms with Gasteiger partial charge in [0.1, 0.15) is 19.3 Å². The minimum absolute atomic E-state index is 0.160. The molecule has 274 valence electrons. The molecule has 1 rings (SSSR count). The lowest BCUT2D eigenvalue weighted by Gasteiger charge is -2.34. The number of hydrogen-bond donors (Lipinski definition) is 2. The molecule has 0 aromatic carbocycles. The van der Waals surface area contributed by atoms with Crippen molar-refractivity contribution in [3.05, 3.63) is 0 Å². The van der Waals surface area contributed by atoms with Gasteiger partial charge in [-0.05, 0) is 31.6 Å². The van der Waals surface area contributed by atoms with E-state index in [4.69, 9.17) is 33.7 Å². The first-order chi connectivity index (χ1) is 22.6. The minimum atomic E-state index is -4.37. The molecule has 0 amide bonds. The molecule has 14 nitrogen and oxygen atoms in total. The van der Waals surface area contributed by atoms with Crippen LogP contribution in [0.1, 0.15) is 123 Å². The minimum Gasteiger partial charge on any atom is -0.480 e. The summed E-state index contributed by atoms with van der Waals surface area (Å²) >= 11 is 0. The lowest BCUT2D eigenvalue weighted by Crippen LogP contribution is -2.50. The first-order valence-electron chi connectivity index (χ1n) is 17.4. The fourth-order valence-corrected chi connectivity index (χ4v) is 6.47. The summed E-state index contributed by atoms with van der Waals surface area (Å²) in [5.41, 5.74) is 6.14. The van der Waals surface area contributed by atoms with Crippen LogP contribution in [0.25, 0.3) is 0 Å². The molecule has 47 heavy (non-hydrogen) atoms. The number of carboxylic acids is 1. The van der Waals surface area contributed by atoms with Crippen molar-refractivity contribution in [2.75, 3.05) is 46.7 Å². The number of ether oxygens (including phenoxy) is 4. The van der Waals surface area contributed by atoms with Crippen LogP contribution >= 0.6 is 7.75 Å². The van der Waals surface area contributed by atoms with Gasteiger partial charge in [-0.15, -0.1) is 4.76 Å².